The summed E-state index contributed by atoms with van der Waals surface area (Å²) < 4.78 is 5.35. The first-order chi connectivity index (χ1) is 9.29. The number of likely N-dealkylation sites (tertiary alicyclic amines) is 1. The van der Waals surface area contributed by atoms with Crippen LogP contribution in [-0.4, -0.2) is 30.0 Å². The van der Waals surface area contributed by atoms with Crippen LogP contribution in [0.25, 0.3) is 0 Å². The van der Waals surface area contributed by atoms with Crippen molar-refractivity contribution >= 4 is 17.7 Å². The summed E-state index contributed by atoms with van der Waals surface area (Å²) in [5.41, 5.74) is 1.02. The highest BCUT2D eigenvalue weighted by Crippen LogP contribution is 2.20. The molecule has 1 saturated heterocycles. The summed E-state index contributed by atoms with van der Waals surface area (Å²) in [6.45, 7) is 1.92. The molecule has 1 fully saturated rings. The van der Waals surface area contributed by atoms with Gasteiger partial charge in [-0.1, -0.05) is 30.3 Å². The molecular weight excluding hydrogens is 262 g/mol. The van der Waals surface area contributed by atoms with Crippen molar-refractivity contribution in [1.82, 2.24) is 4.90 Å². The number of hydrogen-bond donors (Lipinski definition) is 0. The fourth-order valence-corrected chi connectivity index (χ4v) is 2.74. The maximum atomic E-state index is 12.0. The Morgan fingerprint density at radius 2 is 2.16 bits per heavy atom. The quantitative estimate of drug-likeness (QED) is 0.788. The maximum absolute atomic E-state index is 12.0. The van der Waals surface area contributed by atoms with E-state index < -0.39 is 0 Å². The molecule has 104 valence electrons. The van der Waals surface area contributed by atoms with Gasteiger partial charge in [-0.15, -0.1) is 11.6 Å². The normalized spacial score (nSPS) is 19.2. The van der Waals surface area contributed by atoms with Crippen molar-refractivity contribution < 1.29 is 9.53 Å². The maximum Gasteiger partial charge on any atom is 0.410 e. The first kappa shape index (κ1) is 14.2. The highest BCUT2D eigenvalue weighted by molar-refractivity contribution is 6.17. The molecule has 0 saturated carbocycles. The smallest absolute Gasteiger partial charge is 0.410 e. The second kappa shape index (κ2) is 7.39. The van der Waals surface area contributed by atoms with E-state index in [1.165, 1.54) is 0 Å². The number of piperidine rings is 1. The molecule has 0 bridgehead atoms. The molecule has 0 radical (unpaired) electrons. The summed E-state index contributed by atoms with van der Waals surface area (Å²) >= 11 is 5.77. The average molecular weight is 282 g/mol. The van der Waals surface area contributed by atoms with Crippen molar-refractivity contribution in [1.29, 1.82) is 0 Å². The fourth-order valence-electron chi connectivity index (χ4n) is 2.43. The number of amides is 1. The Hall–Kier alpha value is -1.22. The van der Waals surface area contributed by atoms with Gasteiger partial charge >= 0.3 is 6.09 Å². The van der Waals surface area contributed by atoms with Crippen LogP contribution >= 0.6 is 11.6 Å². The Labute approximate surface area is 119 Å². The van der Waals surface area contributed by atoms with Crippen molar-refractivity contribution in [2.24, 2.45) is 5.92 Å². The van der Waals surface area contributed by atoms with Crippen molar-refractivity contribution in [2.75, 3.05) is 19.0 Å². The molecular formula is C15H20ClNO2. The van der Waals surface area contributed by atoms with E-state index in [2.05, 4.69) is 0 Å². The zero-order valence-corrected chi connectivity index (χ0v) is 11.8. The first-order valence-corrected chi connectivity index (χ1v) is 7.34. The molecule has 1 aromatic rings. The van der Waals surface area contributed by atoms with Crippen LogP contribution in [-0.2, 0) is 11.3 Å². The van der Waals surface area contributed by atoms with Crippen LogP contribution in [0.4, 0.5) is 4.79 Å². The minimum Gasteiger partial charge on any atom is -0.445 e. The molecule has 1 aliphatic heterocycles. The van der Waals surface area contributed by atoms with Crippen molar-refractivity contribution in [3.05, 3.63) is 35.9 Å². The van der Waals surface area contributed by atoms with Crippen LogP contribution in [0.15, 0.2) is 30.3 Å². The lowest BCUT2D eigenvalue weighted by atomic mass is 9.96. The number of alkyl halides is 1. The number of nitrogens with zero attached hydrogens (tertiary/aromatic N) is 1. The Morgan fingerprint density at radius 1 is 1.37 bits per heavy atom. The molecule has 1 amide bonds. The SMILES string of the molecule is O=C(OCc1ccccc1)N1CCCC(CCCl)C1. The molecule has 0 aliphatic carbocycles. The lowest BCUT2D eigenvalue weighted by Gasteiger charge is -2.31. The number of carbonyl (C=O) groups excluding carboxylic acids is 1. The van der Waals surface area contributed by atoms with Gasteiger partial charge in [0, 0.05) is 19.0 Å². The summed E-state index contributed by atoms with van der Waals surface area (Å²) in [4.78, 5) is 13.8. The van der Waals surface area contributed by atoms with E-state index >= 15 is 0 Å². The monoisotopic (exact) mass is 281 g/mol. The van der Waals surface area contributed by atoms with Gasteiger partial charge in [0.1, 0.15) is 6.61 Å². The van der Waals surface area contributed by atoms with Gasteiger partial charge in [-0.2, -0.15) is 0 Å². The van der Waals surface area contributed by atoms with Crippen molar-refractivity contribution in [2.45, 2.75) is 25.9 Å². The number of carbonyl (C=O) groups is 1. The molecule has 1 heterocycles. The second-order valence-corrected chi connectivity index (χ2v) is 5.35. The number of halogens is 1. The van der Waals surface area contributed by atoms with Crippen LogP contribution < -0.4 is 0 Å². The number of ether oxygens (including phenoxy) is 1. The van der Waals surface area contributed by atoms with E-state index in [0.717, 1.165) is 37.9 Å². The molecule has 1 aliphatic rings. The second-order valence-electron chi connectivity index (χ2n) is 4.97. The molecule has 0 N–H and O–H groups in total. The highest BCUT2D eigenvalue weighted by atomic mass is 35.5. The zero-order chi connectivity index (χ0) is 13.5. The van der Waals surface area contributed by atoms with E-state index in [9.17, 15) is 4.79 Å². The van der Waals surface area contributed by atoms with Gasteiger partial charge in [-0.05, 0) is 30.7 Å². The van der Waals surface area contributed by atoms with Gasteiger partial charge in [-0.3, -0.25) is 0 Å². The van der Waals surface area contributed by atoms with Gasteiger partial charge in [-0.25, -0.2) is 4.79 Å². The molecule has 2 rings (SSSR count). The van der Waals surface area contributed by atoms with E-state index in [0.29, 0.717) is 18.4 Å². The number of hydrogen-bond acceptors (Lipinski definition) is 2. The molecule has 1 unspecified atom stereocenters. The van der Waals surface area contributed by atoms with E-state index in [-0.39, 0.29) is 6.09 Å². The predicted octanol–water partition coefficient (Wildman–Crippen LogP) is 3.66. The van der Waals surface area contributed by atoms with Crippen LogP contribution in [0.2, 0.25) is 0 Å². The lowest BCUT2D eigenvalue weighted by Crippen LogP contribution is -2.40. The Morgan fingerprint density at radius 3 is 2.89 bits per heavy atom. The fraction of sp³-hybridized carbons (Fsp3) is 0.533. The Bertz CT molecular complexity index is 394. The summed E-state index contributed by atoms with van der Waals surface area (Å²) in [7, 11) is 0. The van der Waals surface area contributed by atoms with Crippen molar-refractivity contribution in [3.8, 4) is 0 Å². The minimum atomic E-state index is -0.205. The molecule has 1 aromatic carbocycles. The molecule has 0 spiro atoms. The van der Waals surface area contributed by atoms with Gasteiger partial charge in [0.05, 0.1) is 0 Å². The van der Waals surface area contributed by atoms with Gasteiger partial charge < -0.3 is 9.64 Å². The number of benzene rings is 1. The molecule has 19 heavy (non-hydrogen) atoms. The molecule has 3 nitrogen and oxygen atoms in total. The summed E-state index contributed by atoms with van der Waals surface area (Å²) in [5.74, 6) is 1.19. The molecule has 4 heteroatoms. The van der Waals surface area contributed by atoms with Crippen LogP contribution in [0, 0.1) is 5.92 Å². The highest BCUT2D eigenvalue weighted by Gasteiger charge is 2.24. The lowest BCUT2D eigenvalue weighted by molar-refractivity contribution is 0.0787. The van der Waals surface area contributed by atoms with Crippen LogP contribution in [0.1, 0.15) is 24.8 Å². The third kappa shape index (κ3) is 4.43. The first-order valence-electron chi connectivity index (χ1n) is 6.81. The topological polar surface area (TPSA) is 29.5 Å². The largest absolute Gasteiger partial charge is 0.445 e. The predicted molar refractivity (Wildman–Crippen MR) is 76.3 cm³/mol. The van der Waals surface area contributed by atoms with Gasteiger partial charge in [0.2, 0.25) is 0 Å². The molecule has 0 aromatic heterocycles. The van der Waals surface area contributed by atoms with Gasteiger partial charge in [0.15, 0.2) is 0 Å². The Balaban J connectivity index is 1.79. The summed E-state index contributed by atoms with van der Waals surface area (Å²) in [6.07, 6.45) is 2.98. The standard InChI is InChI=1S/C15H20ClNO2/c16-9-8-13-7-4-10-17(11-13)15(18)19-12-14-5-2-1-3-6-14/h1-3,5-6,13H,4,7-12H2. The minimum absolute atomic E-state index is 0.205. The third-order valence-corrected chi connectivity index (χ3v) is 3.72. The Kier molecular flexibility index (Phi) is 5.52. The van der Waals surface area contributed by atoms with E-state index in [4.69, 9.17) is 16.3 Å². The number of rotatable bonds is 4. The third-order valence-electron chi connectivity index (χ3n) is 3.50. The van der Waals surface area contributed by atoms with E-state index in [1.54, 1.807) is 0 Å². The van der Waals surface area contributed by atoms with Crippen LogP contribution in [0.5, 0.6) is 0 Å². The van der Waals surface area contributed by atoms with Crippen LogP contribution in [0.3, 0.4) is 0 Å². The molecule has 1 atom stereocenters. The zero-order valence-electron chi connectivity index (χ0n) is 11.1. The average Bonchev–Trinajstić information content (AvgIpc) is 2.46. The van der Waals surface area contributed by atoms with Gasteiger partial charge in [0.25, 0.3) is 0 Å². The summed E-state index contributed by atoms with van der Waals surface area (Å²) in [6, 6.07) is 9.76. The summed E-state index contributed by atoms with van der Waals surface area (Å²) in [5, 5.41) is 0. The van der Waals surface area contributed by atoms with Crippen molar-refractivity contribution in [3.63, 3.8) is 0 Å². The van der Waals surface area contributed by atoms with E-state index in [1.807, 2.05) is 35.2 Å².